The predicted octanol–water partition coefficient (Wildman–Crippen LogP) is 3.52. The molecule has 1 unspecified atom stereocenters. The van der Waals surface area contributed by atoms with Crippen molar-refractivity contribution in [2.24, 2.45) is 5.73 Å². The molecule has 21 heavy (non-hydrogen) atoms. The Morgan fingerprint density at radius 3 is 2.38 bits per heavy atom. The number of nitrogens with one attached hydrogen (secondary N) is 2. The van der Waals surface area contributed by atoms with Gasteiger partial charge in [-0.25, -0.2) is 0 Å². The normalized spacial score (nSPS) is 12.9. The fraction of sp³-hybridized carbons (Fsp3) is 0.333. The Labute approximate surface area is 129 Å². The molecular weight excluding hydrogens is 258 g/mol. The molecule has 0 aliphatic heterocycles. The largest absolute Gasteiger partial charge is 0.401 e. The van der Waals surface area contributed by atoms with Crippen LogP contribution in [0.25, 0.3) is 0 Å². The number of rotatable bonds is 11. The zero-order valence-corrected chi connectivity index (χ0v) is 13.4. The molecule has 1 atom stereocenters. The summed E-state index contributed by atoms with van der Waals surface area (Å²) in [5.41, 5.74) is 8.04. The van der Waals surface area contributed by atoms with Crippen molar-refractivity contribution in [3.8, 4) is 0 Å². The molecule has 0 heterocycles. The van der Waals surface area contributed by atoms with Gasteiger partial charge in [-0.15, -0.1) is 0 Å². The Kier molecular flexibility index (Phi) is 10.5. The number of allylic oxidation sites excluding steroid dienone is 6. The highest BCUT2D eigenvalue weighted by atomic mass is 15.0. The van der Waals surface area contributed by atoms with Gasteiger partial charge in [-0.3, -0.25) is 0 Å². The molecule has 116 valence electrons. The molecular formula is C18H29N3. The molecule has 0 aliphatic carbocycles. The van der Waals surface area contributed by atoms with E-state index in [1.807, 2.05) is 37.3 Å². The highest BCUT2D eigenvalue weighted by Gasteiger charge is 2.10. The molecule has 0 aromatic carbocycles. The smallest absolute Gasteiger partial charge is 0.0685 e. The van der Waals surface area contributed by atoms with Crippen molar-refractivity contribution in [3.63, 3.8) is 0 Å². The first kappa shape index (κ1) is 18.8. The first-order valence-corrected chi connectivity index (χ1v) is 7.25. The van der Waals surface area contributed by atoms with Gasteiger partial charge in [0.2, 0.25) is 0 Å². The summed E-state index contributed by atoms with van der Waals surface area (Å²) in [6.07, 6.45) is 13.8. The van der Waals surface area contributed by atoms with Crippen LogP contribution in [-0.4, -0.2) is 12.6 Å². The summed E-state index contributed by atoms with van der Waals surface area (Å²) in [6, 6.07) is 0.0863. The standard InChI is InChI=1S/C18H29N3/c1-6-8-9-10-11-12-13-18(21-16(4)7-2)17(5)20-14-15(3)19/h6,8-12,18,20-21H,3-5,7,13-14,19H2,1-2H3/b8-6-,10-9-,12-11+. The highest BCUT2D eigenvalue weighted by molar-refractivity contribution is 5.15. The van der Waals surface area contributed by atoms with E-state index in [-0.39, 0.29) is 6.04 Å². The molecule has 0 aliphatic rings. The number of hydrogen-bond acceptors (Lipinski definition) is 3. The molecule has 0 radical (unpaired) electrons. The molecule has 0 saturated heterocycles. The van der Waals surface area contributed by atoms with Crippen molar-refractivity contribution < 1.29 is 0 Å². The summed E-state index contributed by atoms with van der Waals surface area (Å²) in [5, 5.41) is 6.56. The predicted molar refractivity (Wildman–Crippen MR) is 94.5 cm³/mol. The Morgan fingerprint density at radius 2 is 1.81 bits per heavy atom. The van der Waals surface area contributed by atoms with Crippen LogP contribution in [0, 0.1) is 0 Å². The molecule has 0 spiro atoms. The molecule has 3 nitrogen and oxygen atoms in total. The lowest BCUT2D eigenvalue weighted by molar-refractivity contribution is 0.593. The molecule has 0 saturated carbocycles. The van der Waals surface area contributed by atoms with E-state index in [0.717, 1.165) is 24.2 Å². The van der Waals surface area contributed by atoms with Crippen LogP contribution in [0.5, 0.6) is 0 Å². The van der Waals surface area contributed by atoms with Crippen molar-refractivity contribution >= 4 is 0 Å². The van der Waals surface area contributed by atoms with E-state index in [2.05, 4.69) is 43.4 Å². The summed E-state index contributed by atoms with van der Waals surface area (Å²) >= 11 is 0. The quantitative estimate of drug-likeness (QED) is 0.510. The average Bonchev–Trinajstić information content (AvgIpc) is 2.46. The average molecular weight is 287 g/mol. The van der Waals surface area contributed by atoms with Crippen LogP contribution < -0.4 is 16.4 Å². The van der Waals surface area contributed by atoms with Gasteiger partial charge in [0.05, 0.1) is 12.6 Å². The summed E-state index contributed by atoms with van der Waals surface area (Å²) in [4.78, 5) is 0. The number of hydrogen-bond donors (Lipinski definition) is 3. The maximum atomic E-state index is 5.57. The minimum Gasteiger partial charge on any atom is -0.401 e. The van der Waals surface area contributed by atoms with Gasteiger partial charge in [-0.1, -0.05) is 63.1 Å². The van der Waals surface area contributed by atoms with Gasteiger partial charge in [-0.2, -0.15) is 0 Å². The van der Waals surface area contributed by atoms with Gasteiger partial charge in [0.25, 0.3) is 0 Å². The van der Waals surface area contributed by atoms with Gasteiger partial charge in [0, 0.05) is 17.1 Å². The minimum absolute atomic E-state index is 0.0863. The van der Waals surface area contributed by atoms with E-state index in [4.69, 9.17) is 5.73 Å². The maximum Gasteiger partial charge on any atom is 0.0685 e. The van der Waals surface area contributed by atoms with E-state index in [1.165, 1.54) is 0 Å². The topological polar surface area (TPSA) is 50.1 Å². The van der Waals surface area contributed by atoms with Crippen molar-refractivity contribution in [3.05, 3.63) is 73.3 Å². The molecule has 0 fully saturated rings. The highest BCUT2D eigenvalue weighted by Crippen LogP contribution is 2.07. The summed E-state index contributed by atoms with van der Waals surface area (Å²) in [7, 11) is 0. The van der Waals surface area contributed by atoms with Crippen molar-refractivity contribution in [1.82, 2.24) is 10.6 Å². The van der Waals surface area contributed by atoms with Crippen LogP contribution >= 0.6 is 0 Å². The summed E-state index contributed by atoms with van der Waals surface area (Å²) in [6.45, 7) is 16.3. The maximum absolute atomic E-state index is 5.57. The van der Waals surface area contributed by atoms with E-state index in [0.29, 0.717) is 12.2 Å². The lowest BCUT2D eigenvalue weighted by atomic mass is 10.1. The van der Waals surface area contributed by atoms with E-state index in [1.54, 1.807) is 0 Å². The fourth-order valence-electron chi connectivity index (χ4n) is 1.52. The van der Waals surface area contributed by atoms with Gasteiger partial charge in [0.15, 0.2) is 0 Å². The Hall–Kier alpha value is -2.16. The lowest BCUT2D eigenvalue weighted by Gasteiger charge is -2.23. The second kappa shape index (κ2) is 11.6. The van der Waals surface area contributed by atoms with Crippen LogP contribution in [-0.2, 0) is 0 Å². The number of nitrogens with two attached hydrogens (primary N) is 1. The summed E-state index contributed by atoms with van der Waals surface area (Å²) < 4.78 is 0. The molecule has 0 bridgehead atoms. The molecule has 0 aromatic heterocycles. The third-order valence-electron chi connectivity index (χ3n) is 2.80. The minimum atomic E-state index is 0.0863. The molecule has 0 rings (SSSR count). The SMILES string of the molecule is C=C(N)CNC(=C)C(C/C=C/C=C\C=C/C)NC(=C)CC. The van der Waals surface area contributed by atoms with Gasteiger partial charge >= 0.3 is 0 Å². The molecule has 0 amide bonds. The van der Waals surface area contributed by atoms with E-state index >= 15 is 0 Å². The molecule has 0 aromatic rings. The van der Waals surface area contributed by atoms with Crippen molar-refractivity contribution in [2.45, 2.75) is 32.7 Å². The summed E-state index contributed by atoms with van der Waals surface area (Å²) in [5.74, 6) is 0. The molecule has 3 heteroatoms. The van der Waals surface area contributed by atoms with Crippen LogP contribution in [0.3, 0.4) is 0 Å². The second-order valence-electron chi connectivity index (χ2n) is 4.77. The Morgan fingerprint density at radius 1 is 1.14 bits per heavy atom. The fourth-order valence-corrected chi connectivity index (χ4v) is 1.52. The van der Waals surface area contributed by atoms with Crippen LogP contribution in [0.15, 0.2) is 73.3 Å². The van der Waals surface area contributed by atoms with Crippen LogP contribution in [0.4, 0.5) is 0 Å². The van der Waals surface area contributed by atoms with Crippen molar-refractivity contribution in [1.29, 1.82) is 0 Å². The monoisotopic (exact) mass is 287 g/mol. The Bertz CT molecular complexity index is 428. The van der Waals surface area contributed by atoms with Gasteiger partial charge in [-0.05, 0) is 19.8 Å². The third-order valence-corrected chi connectivity index (χ3v) is 2.80. The first-order chi connectivity index (χ1) is 10.0. The zero-order chi connectivity index (χ0) is 16.1. The second-order valence-corrected chi connectivity index (χ2v) is 4.77. The van der Waals surface area contributed by atoms with Crippen LogP contribution in [0.2, 0.25) is 0 Å². The third kappa shape index (κ3) is 10.3. The lowest BCUT2D eigenvalue weighted by Crippen LogP contribution is -2.36. The Balaban J connectivity index is 4.54. The van der Waals surface area contributed by atoms with Crippen LogP contribution in [0.1, 0.15) is 26.7 Å². The zero-order valence-electron chi connectivity index (χ0n) is 13.4. The first-order valence-electron chi connectivity index (χ1n) is 7.25. The van der Waals surface area contributed by atoms with E-state index in [9.17, 15) is 0 Å². The van der Waals surface area contributed by atoms with Crippen molar-refractivity contribution in [2.75, 3.05) is 6.54 Å². The van der Waals surface area contributed by atoms with E-state index < -0.39 is 0 Å². The van der Waals surface area contributed by atoms with Gasteiger partial charge in [0.1, 0.15) is 0 Å². The van der Waals surface area contributed by atoms with Gasteiger partial charge < -0.3 is 16.4 Å². The molecule has 4 N–H and O–H groups in total.